The highest BCUT2D eigenvalue weighted by Crippen LogP contribution is 2.31. The first-order valence-corrected chi connectivity index (χ1v) is 11.5. The maximum atomic E-state index is 13.1. The SMILES string of the molecule is O=c1[nH]c(CN2CCN(C(c3ccccc3)c3ccccc3)CC2)nc2cc(C(F)(F)F)ccc12. The third kappa shape index (κ3) is 5.13. The van der Waals surface area contributed by atoms with Crippen molar-refractivity contribution in [3.8, 4) is 0 Å². The fourth-order valence-corrected chi connectivity index (χ4v) is 4.72. The van der Waals surface area contributed by atoms with Crippen LogP contribution in [0.5, 0.6) is 0 Å². The number of rotatable bonds is 5. The number of hydrogen-bond donors (Lipinski definition) is 1. The van der Waals surface area contributed by atoms with Gasteiger partial charge < -0.3 is 4.98 Å². The molecule has 180 valence electrons. The van der Waals surface area contributed by atoms with E-state index in [1.54, 1.807) is 0 Å². The molecule has 0 atom stereocenters. The summed E-state index contributed by atoms with van der Waals surface area (Å²) in [6, 6.07) is 24.0. The summed E-state index contributed by atoms with van der Waals surface area (Å²) >= 11 is 0. The molecule has 0 saturated carbocycles. The number of hydrogen-bond acceptors (Lipinski definition) is 4. The van der Waals surface area contributed by atoms with E-state index in [-0.39, 0.29) is 16.9 Å². The minimum Gasteiger partial charge on any atom is -0.309 e. The van der Waals surface area contributed by atoms with Crippen molar-refractivity contribution in [1.29, 1.82) is 0 Å². The Kier molecular flexibility index (Phi) is 6.40. The van der Waals surface area contributed by atoms with Gasteiger partial charge >= 0.3 is 6.18 Å². The third-order valence-corrected chi connectivity index (χ3v) is 6.46. The van der Waals surface area contributed by atoms with Crippen LogP contribution in [0.1, 0.15) is 28.6 Å². The van der Waals surface area contributed by atoms with Crippen LogP contribution in [-0.2, 0) is 12.7 Å². The average Bonchev–Trinajstić information content (AvgIpc) is 2.86. The Morgan fingerprint density at radius 2 is 1.46 bits per heavy atom. The molecule has 3 aromatic carbocycles. The molecule has 0 unspecified atom stereocenters. The second-order valence-electron chi connectivity index (χ2n) is 8.78. The number of fused-ring (bicyclic) bond motifs is 1. The summed E-state index contributed by atoms with van der Waals surface area (Å²) in [5, 5.41) is 0.153. The standard InChI is InChI=1S/C27H25F3N4O/c28-27(29,30)21-11-12-22-23(17-21)31-24(32-26(22)35)18-33-13-15-34(16-14-33)25(19-7-3-1-4-8-19)20-9-5-2-6-10-20/h1-12,17,25H,13-16,18H2,(H,31,32,35). The van der Waals surface area contributed by atoms with E-state index in [9.17, 15) is 18.0 Å². The summed E-state index contributed by atoms with van der Waals surface area (Å²) in [6.07, 6.45) is -4.48. The van der Waals surface area contributed by atoms with Crippen LogP contribution in [0.3, 0.4) is 0 Å². The molecular formula is C27H25F3N4O. The minimum atomic E-state index is -4.48. The molecule has 5 nitrogen and oxygen atoms in total. The van der Waals surface area contributed by atoms with Gasteiger partial charge in [-0.1, -0.05) is 60.7 Å². The number of piperazine rings is 1. The molecule has 1 saturated heterocycles. The highest BCUT2D eigenvalue weighted by molar-refractivity contribution is 5.78. The van der Waals surface area contributed by atoms with Gasteiger partial charge in [0.05, 0.1) is 29.1 Å². The maximum absolute atomic E-state index is 13.1. The first kappa shape index (κ1) is 23.3. The van der Waals surface area contributed by atoms with E-state index in [0.29, 0.717) is 12.4 Å². The summed E-state index contributed by atoms with van der Waals surface area (Å²) in [5.74, 6) is 0.373. The highest BCUT2D eigenvalue weighted by Gasteiger charge is 2.31. The Morgan fingerprint density at radius 1 is 0.857 bits per heavy atom. The number of alkyl halides is 3. The molecule has 35 heavy (non-hydrogen) atoms. The molecule has 1 aliphatic rings. The van der Waals surface area contributed by atoms with Gasteiger partial charge in [-0.3, -0.25) is 14.6 Å². The molecule has 4 aromatic rings. The van der Waals surface area contributed by atoms with E-state index in [1.807, 2.05) is 36.4 Å². The van der Waals surface area contributed by atoms with Gasteiger partial charge in [-0.15, -0.1) is 0 Å². The topological polar surface area (TPSA) is 52.2 Å². The van der Waals surface area contributed by atoms with Crippen molar-refractivity contribution >= 4 is 10.9 Å². The van der Waals surface area contributed by atoms with E-state index in [4.69, 9.17) is 0 Å². The van der Waals surface area contributed by atoms with Crippen molar-refractivity contribution in [2.45, 2.75) is 18.8 Å². The number of nitrogens with one attached hydrogen (secondary N) is 1. The molecule has 8 heteroatoms. The van der Waals surface area contributed by atoms with Crippen molar-refractivity contribution in [3.63, 3.8) is 0 Å². The Labute approximate surface area is 200 Å². The van der Waals surface area contributed by atoms with Crippen LogP contribution >= 0.6 is 0 Å². The van der Waals surface area contributed by atoms with Crippen LogP contribution in [-0.4, -0.2) is 45.9 Å². The smallest absolute Gasteiger partial charge is 0.309 e. The Morgan fingerprint density at radius 3 is 2.03 bits per heavy atom. The average molecular weight is 479 g/mol. The zero-order valence-electron chi connectivity index (χ0n) is 19.0. The second kappa shape index (κ2) is 9.64. The number of aromatic nitrogens is 2. The number of benzene rings is 3. The number of nitrogens with zero attached hydrogens (tertiary/aromatic N) is 3. The van der Waals surface area contributed by atoms with E-state index in [2.05, 4.69) is 44.0 Å². The monoisotopic (exact) mass is 478 g/mol. The summed E-state index contributed by atoms with van der Waals surface area (Å²) in [7, 11) is 0. The summed E-state index contributed by atoms with van der Waals surface area (Å²) in [5.41, 5.74) is 1.29. The normalized spacial score (nSPS) is 15.7. The zero-order valence-corrected chi connectivity index (χ0v) is 19.0. The van der Waals surface area contributed by atoms with Gasteiger partial charge in [-0.25, -0.2) is 4.98 Å². The summed E-state index contributed by atoms with van der Waals surface area (Å²) in [4.78, 5) is 24.1. The van der Waals surface area contributed by atoms with Gasteiger partial charge in [0.25, 0.3) is 5.56 Å². The van der Waals surface area contributed by atoms with Crippen molar-refractivity contribution in [1.82, 2.24) is 19.8 Å². The first-order chi connectivity index (χ1) is 16.9. The van der Waals surface area contributed by atoms with Crippen LogP contribution in [0.15, 0.2) is 83.7 Å². The van der Waals surface area contributed by atoms with E-state index < -0.39 is 17.3 Å². The number of aromatic amines is 1. The van der Waals surface area contributed by atoms with Gasteiger partial charge in [-0.05, 0) is 29.3 Å². The molecule has 2 heterocycles. The van der Waals surface area contributed by atoms with Crippen LogP contribution in [0.2, 0.25) is 0 Å². The largest absolute Gasteiger partial charge is 0.416 e. The molecule has 0 radical (unpaired) electrons. The Bertz CT molecular complexity index is 1310. The lowest BCUT2D eigenvalue weighted by molar-refractivity contribution is -0.137. The van der Waals surface area contributed by atoms with Gasteiger partial charge in [-0.2, -0.15) is 13.2 Å². The first-order valence-electron chi connectivity index (χ1n) is 11.5. The van der Waals surface area contributed by atoms with Crippen molar-refractivity contribution in [3.05, 3.63) is 112 Å². The predicted molar refractivity (Wildman–Crippen MR) is 129 cm³/mol. The molecule has 0 amide bonds. The molecule has 0 bridgehead atoms. The number of H-pyrrole nitrogens is 1. The quantitative estimate of drug-likeness (QED) is 0.446. The van der Waals surface area contributed by atoms with E-state index >= 15 is 0 Å². The zero-order chi connectivity index (χ0) is 24.4. The molecule has 1 aromatic heterocycles. The van der Waals surface area contributed by atoms with Crippen molar-refractivity contribution in [2.24, 2.45) is 0 Å². The molecule has 5 rings (SSSR count). The molecule has 0 spiro atoms. The fourth-order valence-electron chi connectivity index (χ4n) is 4.72. The van der Waals surface area contributed by atoms with Crippen LogP contribution in [0.4, 0.5) is 13.2 Å². The van der Waals surface area contributed by atoms with Gasteiger partial charge in [0.2, 0.25) is 0 Å². The summed E-state index contributed by atoms with van der Waals surface area (Å²) < 4.78 is 39.3. The lowest BCUT2D eigenvalue weighted by atomic mass is 9.96. The lowest BCUT2D eigenvalue weighted by Gasteiger charge is -2.39. The highest BCUT2D eigenvalue weighted by atomic mass is 19.4. The van der Waals surface area contributed by atoms with Gasteiger partial charge in [0.1, 0.15) is 5.82 Å². The van der Waals surface area contributed by atoms with Crippen molar-refractivity contribution < 1.29 is 13.2 Å². The maximum Gasteiger partial charge on any atom is 0.416 e. The van der Waals surface area contributed by atoms with Crippen LogP contribution in [0.25, 0.3) is 10.9 Å². The van der Waals surface area contributed by atoms with E-state index in [1.165, 1.54) is 17.2 Å². The minimum absolute atomic E-state index is 0.0606. The molecule has 0 aliphatic carbocycles. The van der Waals surface area contributed by atoms with Crippen LogP contribution < -0.4 is 5.56 Å². The lowest BCUT2D eigenvalue weighted by Crippen LogP contribution is -2.47. The van der Waals surface area contributed by atoms with E-state index in [0.717, 1.165) is 38.3 Å². The molecule has 1 aliphatic heterocycles. The number of halogens is 3. The van der Waals surface area contributed by atoms with Crippen molar-refractivity contribution in [2.75, 3.05) is 26.2 Å². The third-order valence-electron chi connectivity index (χ3n) is 6.46. The Balaban J connectivity index is 1.32. The predicted octanol–water partition coefficient (Wildman–Crippen LogP) is 4.85. The molecule has 1 fully saturated rings. The van der Waals surface area contributed by atoms with Crippen LogP contribution in [0, 0.1) is 0 Å². The Hall–Kier alpha value is -3.49. The molecule has 1 N–H and O–H groups in total. The van der Waals surface area contributed by atoms with Gasteiger partial charge in [0, 0.05) is 26.2 Å². The van der Waals surface area contributed by atoms with Gasteiger partial charge in [0.15, 0.2) is 0 Å². The fraction of sp³-hybridized carbons (Fsp3) is 0.259. The molecular weight excluding hydrogens is 453 g/mol. The summed E-state index contributed by atoms with van der Waals surface area (Å²) in [6.45, 7) is 3.49. The second-order valence-corrected chi connectivity index (χ2v) is 8.78.